The lowest BCUT2D eigenvalue weighted by Crippen LogP contribution is -2.67. The van der Waals surface area contributed by atoms with E-state index in [0.717, 1.165) is 50.4 Å². The molecule has 2 fully saturated rings. The first kappa shape index (κ1) is 32.7. The van der Waals surface area contributed by atoms with Crippen LogP contribution in [0.25, 0.3) is 0 Å². The quantitative estimate of drug-likeness (QED) is 0.339. The molecule has 3 heterocycles. The molecule has 8 heteroatoms. The highest BCUT2D eigenvalue weighted by Crippen LogP contribution is 2.48. The average Bonchev–Trinajstić information content (AvgIpc) is 2.81. The third-order valence-corrected chi connectivity index (χ3v) is 10.6. The zero-order chi connectivity index (χ0) is 29.4. The van der Waals surface area contributed by atoms with Crippen molar-refractivity contribution in [3.8, 4) is 0 Å². The fraction of sp³-hybridized carbons (Fsp3) is 0.903. The molecule has 0 saturated carbocycles. The first-order valence-corrected chi connectivity index (χ1v) is 15.7. The molecule has 0 amide bonds. The molecular weight excluding hydrogens is 506 g/mol. The lowest BCUT2D eigenvalue weighted by atomic mass is 9.68. The summed E-state index contributed by atoms with van der Waals surface area (Å²) in [5.74, 6) is 1.81. The van der Waals surface area contributed by atoms with Gasteiger partial charge in [-0.3, -0.25) is 9.80 Å². The Balaban J connectivity index is 2.11. The molecule has 1 aromatic rings. The van der Waals surface area contributed by atoms with Crippen LogP contribution in [0, 0.1) is 0 Å². The van der Waals surface area contributed by atoms with Crippen molar-refractivity contribution in [2.75, 3.05) is 27.2 Å². The number of likely N-dealkylation sites (N-methyl/N-ethyl adjacent to an activating group) is 2. The second kappa shape index (κ2) is 12.2. The number of hydrogen-bond acceptors (Lipinski definition) is 7. The van der Waals surface area contributed by atoms with Crippen molar-refractivity contribution in [1.29, 1.82) is 0 Å². The summed E-state index contributed by atoms with van der Waals surface area (Å²) >= 11 is 6.78. The van der Waals surface area contributed by atoms with Gasteiger partial charge in [-0.1, -0.05) is 26.7 Å². The van der Waals surface area contributed by atoms with Crippen LogP contribution in [0.4, 0.5) is 0 Å². The normalized spacial score (nSPS) is 30.4. The number of piperidine rings is 2. The summed E-state index contributed by atoms with van der Waals surface area (Å²) in [6.07, 6.45) is 6.71. The Morgan fingerprint density at radius 1 is 0.692 bits per heavy atom. The Labute approximate surface area is 244 Å². The Morgan fingerprint density at radius 3 is 1.38 bits per heavy atom. The Bertz CT molecular complexity index is 888. The van der Waals surface area contributed by atoms with E-state index in [4.69, 9.17) is 26.6 Å². The zero-order valence-electron chi connectivity index (χ0n) is 27.1. The van der Waals surface area contributed by atoms with Crippen LogP contribution in [-0.2, 0) is 0 Å². The highest BCUT2D eigenvalue weighted by molar-refractivity contribution is 6.28. The molecule has 2 aliphatic heterocycles. The molecule has 4 atom stereocenters. The molecule has 3 rings (SSSR count). The van der Waals surface area contributed by atoms with E-state index in [1.54, 1.807) is 0 Å². The smallest absolute Gasteiger partial charge is 0.225 e. The number of nitrogens with one attached hydrogen (secondary N) is 2. The Hall–Kier alpha value is -0.860. The average molecular weight is 564 g/mol. The van der Waals surface area contributed by atoms with E-state index in [1.807, 2.05) is 0 Å². The molecule has 7 nitrogen and oxygen atoms in total. The predicted octanol–water partition coefficient (Wildman–Crippen LogP) is 5.99. The van der Waals surface area contributed by atoms with Gasteiger partial charge in [-0.05, 0) is 120 Å². The van der Waals surface area contributed by atoms with Crippen LogP contribution in [0.5, 0.6) is 0 Å². The summed E-state index contributed by atoms with van der Waals surface area (Å²) in [6, 6.07) is 0.507. The van der Waals surface area contributed by atoms with E-state index in [2.05, 4.69) is 104 Å². The summed E-state index contributed by atoms with van der Waals surface area (Å²) in [5, 5.41) is 8.12. The van der Waals surface area contributed by atoms with Gasteiger partial charge in [0.05, 0.1) is 11.8 Å². The molecule has 0 aliphatic carbocycles. The van der Waals surface area contributed by atoms with Crippen LogP contribution in [0.2, 0.25) is 5.28 Å². The van der Waals surface area contributed by atoms with Gasteiger partial charge in [0.1, 0.15) is 11.6 Å². The van der Waals surface area contributed by atoms with Crippen LogP contribution in [-0.4, -0.2) is 86.2 Å². The summed E-state index contributed by atoms with van der Waals surface area (Å²) in [5.41, 5.74) is -0.241. The van der Waals surface area contributed by atoms with Crippen LogP contribution in [0.1, 0.15) is 131 Å². The van der Waals surface area contributed by atoms with Gasteiger partial charge in [-0.25, -0.2) is 15.0 Å². The molecule has 2 aliphatic rings. The standard InChI is InChI=1S/C31H58ClN7/c1-13-15-17-33-21-19-28(3,4)38(11)30(7,8)23(21)25-35-26(37-27(32)36-25)24-22(34-18-16-14-2)20-29(5,6)39(12)31(24,9)10/h21-24,33-34H,13-20H2,1-12H3. The topological polar surface area (TPSA) is 69.2 Å². The molecule has 0 aromatic carbocycles. The first-order valence-electron chi connectivity index (χ1n) is 15.4. The van der Waals surface area contributed by atoms with Crippen molar-refractivity contribution in [2.24, 2.45) is 0 Å². The Kier molecular flexibility index (Phi) is 10.2. The molecule has 0 spiro atoms. The van der Waals surface area contributed by atoms with E-state index in [0.29, 0.717) is 5.28 Å². The van der Waals surface area contributed by atoms with Crippen LogP contribution in [0.3, 0.4) is 0 Å². The minimum atomic E-state index is -0.173. The molecule has 0 radical (unpaired) electrons. The summed E-state index contributed by atoms with van der Waals surface area (Å²) in [4.78, 5) is 20.1. The van der Waals surface area contributed by atoms with E-state index in [1.165, 1.54) is 12.8 Å². The number of nitrogens with zero attached hydrogens (tertiary/aromatic N) is 5. The third-order valence-electron chi connectivity index (χ3n) is 10.4. The summed E-state index contributed by atoms with van der Waals surface area (Å²) in [6.45, 7) is 25.2. The van der Waals surface area contributed by atoms with Crippen molar-refractivity contribution < 1.29 is 0 Å². The minimum Gasteiger partial charge on any atom is -0.313 e. The van der Waals surface area contributed by atoms with Crippen LogP contribution >= 0.6 is 11.6 Å². The number of hydrogen-bond donors (Lipinski definition) is 2. The molecule has 4 unspecified atom stereocenters. The van der Waals surface area contributed by atoms with Gasteiger partial charge < -0.3 is 10.6 Å². The van der Waals surface area contributed by atoms with Crippen molar-refractivity contribution in [3.05, 3.63) is 16.9 Å². The fourth-order valence-electron chi connectivity index (χ4n) is 7.51. The van der Waals surface area contributed by atoms with Gasteiger partial charge in [0.2, 0.25) is 5.28 Å². The van der Waals surface area contributed by atoms with Gasteiger partial charge in [0, 0.05) is 34.2 Å². The number of unbranched alkanes of at least 4 members (excludes halogenated alkanes) is 2. The van der Waals surface area contributed by atoms with Crippen molar-refractivity contribution in [2.45, 2.75) is 154 Å². The van der Waals surface area contributed by atoms with E-state index < -0.39 is 0 Å². The van der Waals surface area contributed by atoms with Crippen LogP contribution < -0.4 is 10.6 Å². The van der Waals surface area contributed by atoms with Gasteiger partial charge in [-0.2, -0.15) is 0 Å². The molecule has 2 saturated heterocycles. The van der Waals surface area contributed by atoms with E-state index in [9.17, 15) is 0 Å². The number of halogens is 1. The zero-order valence-corrected chi connectivity index (χ0v) is 27.8. The van der Waals surface area contributed by atoms with Crippen molar-refractivity contribution >= 4 is 11.6 Å². The lowest BCUT2D eigenvalue weighted by molar-refractivity contribution is -0.0411. The van der Waals surface area contributed by atoms with Gasteiger partial charge in [-0.15, -0.1) is 0 Å². The maximum Gasteiger partial charge on any atom is 0.225 e. The van der Waals surface area contributed by atoms with Crippen molar-refractivity contribution in [3.63, 3.8) is 0 Å². The highest BCUT2D eigenvalue weighted by atomic mass is 35.5. The fourth-order valence-corrected chi connectivity index (χ4v) is 7.68. The van der Waals surface area contributed by atoms with Crippen LogP contribution in [0.15, 0.2) is 0 Å². The third kappa shape index (κ3) is 6.63. The largest absolute Gasteiger partial charge is 0.313 e. The maximum atomic E-state index is 6.78. The number of rotatable bonds is 10. The predicted molar refractivity (Wildman–Crippen MR) is 165 cm³/mol. The molecule has 0 bridgehead atoms. The molecule has 39 heavy (non-hydrogen) atoms. The van der Waals surface area contributed by atoms with E-state index >= 15 is 0 Å². The number of aromatic nitrogens is 3. The highest BCUT2D eigenvalue weighted by Gasteiger charge is 2.54. The summed E-state index contributed by atoms with van der Waals surface area (Å²) < 4.78 is 0. The number of likely N-dealkylation sites (tertiary alicyclic amines) is 2. The Morgan fingerprint density at radius 2 is 1.05 bits per heavy atom. The monoisotopic (exact) mass is 563 g/mol. The molecular formula is C31H58ClN7. The maximum absolute atomic E-state index is 6.78. The van der Waals surface area contributed by atoms with Gasteiger partial charge in [0.15, 0.2) is 0 Å². The lowest BCUT2D eigenvalue weighted by Gasteiger charge is -2.58. The van der Waals surface area contributed by atoms with Crippen molar-refractivity contribution in [1.82, 2.24) is 35.4 Å². The molecule has 2 N–H and O–H groups in total. The first-order chi connectivity index (χ1) is 18.0. The second-order valence-electron chi connectivity index (χ2n) is 14.6. The van der Waals surface area contributed by atoms with Gasteiger partial charge in [0.25, 0.3) is 0 Å². The second-order valence-corrected chi connectivity index (χ2v) is 14.9. The molecule has 1 aromatic heterocycles. The SMILES string of the molecule is CCCCNC1CC(C)(C)N(C)C(C)(C)C1c1nc(Cl)nc(C2C(NCCCC)CC(C)(C)N(C)C2(C)C)n1. The van der Waals surface area contributed by atoms with E-state index in [-0.39, 0.29) is 46.1 Å². The minimum absolute atomic E-state index is 0.0531. The molecule has 224 valence electrons. The summed E-state index contributed by atoms with van der Waals surface area (Å²) in [7, 11) is 4.49. The van der Waals surface area contributed by atoms with Gasteiger partial charge >= 0.3 is 0 Å².